The molecule has 0 aliphatic carbocycles. The molecule has 28 heavy (non-hydrogen) atoms. The van der Waals surface area contributed by atoms with Gasteiger partial charge in [0.25, 0.3) is 5.91 Å². The van der Waals surface area contributed by atoms with Crippen molar-refractivity contribution in [2.75, 3.05) is 12.8 Å². The second kappa shape index (κ2) is 7.35. The number of aromatic hydroxyl groups is 2. The average molecular weight is 405 g/mol. The summed E-state index contributed by atoms with van der Waals surface area (Å²) in [5.74, 6) is -0.450. The van der Waals surface area contributed by atoms with Gasteiger partial charge in [0.15, 0.2) is 21.3 Å². The van der Waals surface area contributed by atoms with Crippen LogP contribution >= 0.6 is 0 Å². The Morgan fingerprint density at radius 2 is 1.75 bits per heavy atom. The number of fused-ring (bicyclic) bond motifs is 1. The normalized spacial score (nSPS) is 14.1. The van der Waals surface area contributed by atoms with Crippen molar-refractivity contribution in [2.24, 2.45) is 0 Å². The number of phenols is 2. The highest BCUT2D eigenvalue weighted by Crippen LogP contribution is 2.33. The first-order valence-corrected chi connectivity index (χ1v) is 10.8. The highest BCUT2D eigenvalue weighted by molar-refractivity contribution is 7.90. The molecule has 1 heterocycles. The van der Waals surface area contributed by atoms with Crippen LogP contribution in [0.25, 0.3) is 0 Å². The van der Waals surface area contributed by atoms with E-state index >= 15 is 0 Å². The summed E-state index contributed by atoms with van der Waals surface area (Å²) in [5, 5.41) is 19.4. The van der Waals surface area contributed by atoms with E-state index in [1.807, 2.05) is 13.8 Å². The molecule has 150 valence electrons. The second-order valence-electron chi connectivity index (χ2n) is 7.18. The molecule has 3 rings (SSSR count). The summed E-state index contributed by atoms with van der Waals surface area (Å²) in [6.45, 7) is 4.29. The fourth-order valence-electron chi connectivity index (χ4n) is 3.19. The zero-order valence-electron chi connectivity index (χ0n) is 16.0. The van der Waals surface area contributed by atoms with Crippen molar-refractivity contribution in [3.05, 3.63) is 47.0 Å². The van der Waals surface area contributed by atoms with Crippen LogP contribution in [0, 0.1) is 0 Å². The zero-order valence-corrected chi connectivity index (χ0v) is 16.8. The average Bonchev–Trinajstić information content (AvgIpc) is 2.60. The first-order chi connectivity index (χ1) is 13.1. The fourth-order valence-corrected chi connectivity index (χ4v) is 3.84. The van der Waals surface area contributed by atoms with E-state index in [0.717, 1.165) is 17.4 Å². The fraction of sp³-hybridized carbons (Fsp3) is 0.350. The smallest absolute Gasteiger partial charge is 0.257 e. The Morgan fingerprint density at radius 1 is 1.11 bits per heavy atom. The Hall–Kier alpha value is -2.74. The molecule has 8 heteroatoms. The van der Waals surface area contributed by atoms with Crippen LogP contribution in [0.15, 0.2) is 35.2 Å². The minimum atomic E-state index is -3.48. The van der Waals surface area contributed by atoms with Crippen LogP contribution in [0.3, 0.4) is 0 Å². The summed E-state index contributed by atoms with van der Waals surface area (Å²) < 4.78 is 29.6. The summed E-state index contributed by atoms with van der Waals surface area (Å²) in [5.41, 5.74) is 1.78. The number of hydrogen-bond donors (Lipinski definition) is 2. The molecular formula is C20H23NO6S. The van der Waals surface area contributed by atoms with Crippen molar-refractivity contribution in [3.8, 4) is 17.2 Å². The zero-order chi connectivity index (χ0) is 20.6. The van der Waals surface area contributed by atoms with Crippen LogP contribution in [-0.4, -0.2) is 48.3 Å². The molecule has 7 nitrogen and oxygen atoms in total. The lowest BCUT2D eigenvalue weighted by atomic mass is 9.98. The molecule has 0 atom stereocenters. The molecule has 0 fully saturated rings. The number of carbonyl (C=O) groups excluding carboxylic acids is 1. The lowest BCUT2D eigenvalue weighted by Crippen LogP contribution is -2.36. The van der Waals surface area contributed by atoms with Gasteiger partial charge in [-0.05, 0) is 61.7 Å². The molecule has 0 spiro atoms. The molecule has 0 saturated heterocycles. The molecule has 1 aliphatic rings. The molecule has 1 aliphatic heterocycles. The number of hydrogen-bond acceptors (Lipinski definition) is 6. The SMILES string of the molecule is CC(C)Oc1ccc(S(C)(=O)=O)cc1C(=O)N1CCc2cc(O)c(O)cc2C1. The molecule has 0 unspecified atom stereocenters. The van der Waals surface area contributed by atoms with Crippen LogP contribution in [0.1, 0.15) is 35.3 Å². The van der Waals surface area contributed by atoms with Gasteiger partial charge in [-0.3, -0.25) is 4.79 Å². The molecule has 0 saturated carbocycles. The van der Waals surface area contributed by atoms with Crippen molar-refractivity contribution in [2.45, 2.75) is 37.8 Å². The Labute approximate surface area is 164 Å². The van der Waals surface area contributed by atoms with Gasteiger partial charge < -0.3 is 19.8 Å². The summed E-state index contributed by atoms with van der Waals surface area (Å²) in [4.78, 5) is 14.8. The van der Waals surface area contributed by atoms with E-state index < -0.39 is 9.84 Å². The third-order valence-electron chi connectivity index (χ3n) is 4.57. The Morgan fingerprint density at radius 3 is 2.36 bits per heavy atom. The summed E-state index contributed by atoms with van der Waals surface area (Å²) in [7, 11) is -3.48. The number of sulfone groups is 1. The van der Waals surface area contributed by atoms with Crippen molar-refractivity contribution in [3.63, 3.8) is 0 Å². The van der Waals surface area contributed by atoms with Crippen LogP contribution in [0.2, 0.25) is 0 Å². The molecule has 0 aromatic heterocycles. The monoisotopic (exact) mass is 405 g/mol. The van der Waals surface area contributed by atoms with Gasteiger partial charge in [-0.1, -0.05) is 0 Å². The molecule has 0 bridgehead atoms. The van der Waals surface area contributed by atoms with Gasteiger partial charge in [0.2, 0.25) is 0 Å². The van der Waals surface area contributed by atoms with Gasteiger partial charge >= 0.3 is 0 Å². The number of ether oxygens (including phenoxy) is 1. The first kappa shape index (κ1) is 20.0. The van der Waals surface area contributed by atoms with Crippen molar-refractivity contribution < 1.29 is 28.2 Å². The van der Waals surface area contributed by atoms with Gasteiger partial charge in [0.1, 0.15) is 5.75 Å². The summed E-state index contributed by atoms with van der Waals surface area (Å²) in [6, 6.07) is 7.23. The van der Waals surface area contributed by atoms with E-state index in [1.54, 1.807) is 4.90 Å². The lowest BCUT2D eigenvalue weighted by Gasteiger charge is -2.30. The number of benzene rings is 2. The van der Waals surface area contributed by atoms with Crippen molar-refractivity contribution >= 4 is 15.7 Å². The number of phenolic OH excluding ortho intramolecular Hbond substituents is 2. The van der Waals surface area contributed by atoms with Crippen molar-refractivity contribution in [1.29, 1.82) is 0 Å². The Kier molecular flexibility index (Phi) is 5.25. The van der Waals surface area contributed by atoms with Gasteiger partial charge in [-0.25, -0.2) is 8.42 Å². The molecule has 2 aromatic rings. The summed E-state index contributed by atoms with van der Waals surface area (Å²) in [6.07, 6.45) is 1.42. The molecule has 2 N–H and O–H groups in total. The number of amides is 1. The van der Waals surface area contributed by atoms with Crippen LogP contribution in [0.5, 0.6) is 17.2 Å². The maximum Gasteiger partial charge on any atom is 0.257 e. The molecule has 0 radical (unpaired) electrons. The van der Waals surface area contributed by atoms with E-state index in [9.17, 15) is 23.4 Å². The highest BCUT2D eigenvalue weighted by atomic mass is 32.2. The van der Waals surface area contributed by atoms with Gasteiger partial charge in [0.05, 0.1) is 16.6 Å². The quantitative estimate of drug-likeness (QED) is 0.758. The Balaban J connectivity index is 1.97. The van der Waals surface area contributed by atoms with E-state index in [-0.39, 0.29) is 40.5 Å². The predicted octanol–water partition coefficient (Wildman–Crippen LogP) is 2.49. The Bertz CT molecular complexity index is 1030. The van der Waals surface area contributed by atoms with Gasteiger partial charge in [-0.2, -0.15) is 0 Å². The molecular weight excluding hydrogens is 382 g/mol. The highest BCUT2D eigenvalue weighted by Gasteiger charge is 2.26. The predicted molar refractivity (Wildman–Crippen MR) is 104 cm³/mol. The first-order valence-electron chi connectivity index (χ1n) is 8.90. The summed E-state index contributed by atoms with van der Waals surface area (Å²) >= 11 is 0. The van der Waals surface area contributed by atoms with Crippen LogP contribution in [-0.2, 0) is 22.8 Å². The lowest BCUT2D eigenvalue weighted by molar-refractivity contribution is 0.0728. The second-order valence-corrected chi connectivity index (χ2v) is 9.20. The molecule has 2 aromatic carbocycles. The number of carbonyl (C=O) groups is 1. The standard InChI is InChI=1S/C20H23NO6S/c1-12(2)27-19-5-4-15(28(3,25)26)10-16(19)20(24)21-7-6-13-8-17(22)18(23)9-14(13)11-21/h4-5,8-10,12,22-23H,6-7,11H2,1-3H3. The maximum atomic E-state index is 13.2. The van der Waals surface area contributed by atoms with E-state index in [4.69, 9.17) is 4.74 Å². The van der Waals surface area contributed by atoms with E-state index in [2.05, 4.69) is 0 Å². The van der Waals surface area contributed by atoms with E-state index in [0.29, 0.717) is 18.7 Å². The van der Waals surface area contributed by atoms with Gasteiger partial charge in [-0.15, -0.1) is 0 Å². The topological polar surface area (TPSA) is 104 Å². The number of rotatable bonds is 4. The van der Waals surface area contributed by atoms with Crippen LogP contribution < -0.4 is 4.74 Å². The van der Waals surface area contributed by atoms with Crippen molar-refractivity contribution in [1.82, 2.24) is 4.90 Å². The van der Waals surface area contributed by atoms with Gasteiger partial charge in [0, 0.05) is 19.3 Å². The number of nitrogens with zero attached hydrogens (tertiary/aromatic N) is 1. The maximum absolute atomic E-state index is 13.2. The molecule has 1 amide bonds. The van der Waals surface area contributed by atoms with Crippen LogP contribution in [0.4, 0.5) is 0 Å². The minimum Gasteiger partial charge on any atom is -0.504 e. The third-order valence-corrected chi connectivity index (χ3v) is 5.68. The van der Waals surface area contributed by atoms with E-state index in [1.165, 1.54) is 30.3 Å². The largest absolute Gasteiger partial charge is 0.504 e. The minimum absolute atomic E-state index is 0.0481. The third kappa shape index (κ3) is 4.06.